The number of carboxylic acid groups (broad SMARTS) is 1. The Labute approximate surface area is 575 Å². The van der Waals surface area contributed by atoms with E-state index in [0.29, 0.717) is 26.1 Å². The third-order valence-corrected chi connectivity index (χ3v) is 11.2. The average molecular weight is 1420 g/mol. The van der Waals surface area contributed by atoms with Crippen LogP contribution in [-0.4, -0.2) is 240 Å². The highest BCUT2D eigenvalue weighted by atomic mass is 32.1. The van der Waals surface area contributed by atoms with E-state index in [-0.39, 0.29) is 133 Å². The minimum Gasteiger partial charge on any atom is -0.481 e. The zero-order valence-corrected chi connectivity index (χ0v) is 57.3. The first-order valence-corrected chi connectivity index (χ1v) is 30.6. The van der Waals surface area contributed by atoms with Gasteiger partial charge in [-0.3, -0.25) is 91.5 Å². The number of ether oxygens (including phenoxy) is 5. The van der Waals surface area contributed by atoms with Crippen molar-refractivity contribution in [2.24, 2.45) is 11.5 Å². The maximum absolute atomic E-state index is 11.5. The Kier molecular flexibility index (Phi) is 43.8. The van der Waals surface area contributed by atoms with Gasteiger partial charge in [-0.25, -0.2) is 19.2 Å². The zero-order chi connectivity index (χ0) is 76.1. The number of nitriles is 1. The number of esters is 4. The summed E-state index contributed by atoms with van der Waals surface area (Å²) in [6.45, 7) is 17.9. The molecule has 5 rings (SSSR count). The monoisotopic (exact) mass is 1420 g/mol. The van der Waals surface area contributed by atoms with Gasteiger partial charge in [0, 0.05) is 152 Å². The molecule has 14 amide bonds. The van der Waals surface area contributed by atoms with Crippen molar-refractivity contribution >= 4 is 119 Å². The molecule has 0 saturated heterocycles. The molecule has 0 unspecified atom stereocenters. The van der Waals surface area contributed by atoms with Crippen LogP contribution in [0.5, 0.6) is 0 Å². The second kappa shape index (κ2) is 48.0. The normalized spacial score (nSPS) is 14.2. The molecule has 5 aliphatic rings. The Balaban J connectivity index is 0. The maximum atomic E-state index is 11.5. The van der Waals surface area contributed by atoms with Crippen LogP contribution in [0.3, 0.4) is 0 Å². The summed E-state index contributed by atoms with van der Waals surface area (Å²) in [7, 11) is 0. The van der Waals surface area contributed by atoms with Crippen LogP contribution in [0, 0.1) is 16.3 Å². The van der Waals surface area contributed by atoms with Crippen molar-refractivity contribution in [1.29, 1.82) is 10.0 Å². The number of urea groups is 3. The minimum absolute atomic E-state index is 0.0182. The van der Waals surface area contributed by atoms with Crippen molar-refractivity contribution in [2.75, 3.05) is 85.1 Å². The number of nitrogens with zero attached hydrogens (tertiary/aromatic N) is 5. The van der Waals surface area contributed by atoms with Gasteiger partial charge in [0.15, 0.2) is 11.6 Å². The van der Waals surface area contributed by atoms with E-state index in [4.69, 9.17) is 45.6 Å². The van der Waals surface area contributed by atoms with Crippen LogP contribution in [0.25, 0.3) is 0 Å². The molecule has 0 aromatic rings. The van der Waals surface area contributed by atoms with Gasteiger partial charge in [0.05, 0.1) is 32.1 Å². The average Bonchev–Trinajstić information content (AvgIpc) is 1.77. The summed E-state index contributed by atoms with van der Waals surface area (Å²) in [6, 6.07) is -1.60. The highest BCUT2D eigenvalue weighted by molar-refractivity contribution is 7.45. The fourth-order valence-electron chi connectivity index (χ4n) is 7.09. The summed E-state index contributed by atoms with van der Waals surface area (Å²) in [5.41, 5.74) is 8.90. The molecule has 0 bridgehead atoms. The molecule has 38 nitrogen and oxygen atoms in total. The molecular weight excluding hydrogens is 1330 g/mol. The molecular formula is C60H88N14O24S. The van der Waals surface area contributed by atoms with E-state index in [1.165, 1.54) is 30.6 Å². The molecule has 0 aromatic carbocycles. The first-order chi connectivity index (χ1) is 46.2. The van der Waals surface area contributed by atoms with E-state index in [1.54, 1.807) is 41.5 Å². The van der Waals surface area contributed by atoms with Gasteiger partial charge >= 0.3 is 47.9 Å². The van der Waals surface area contributed by atoms with Gasteiger partial charge < -0.3 is 72.2 Å². The van der Waals surface area contributed by atoms with Gasteiger partial charge in [0.25, 0.3) is 53.5 Å². The molecule has 12 N–H and O–H groups in total. The summed E-state index contributed by atoms with van der Waals surface area (Å²) in [5.74, 6) is -6.57. The van der Waals surface area contributed by atoms with Gasteiger partial charge in [-0.15, -0.1) is 0 Å². The largest absolute Gasteiger partial charge is 0.481 e. The van der Waals surface area contributed by atoms with Crippen LogP contribution >= 0.6 is 0 Å². The minimum atomic E-state index is -1.31. The van der Waals surface area contributed by atoms with E-state index in [1.807, 2.05) is 20.8 Å². The van der Waals surface area contributed by atoms with Gasteiger partial charge in [-0.05, 0) is 62.3 Å². The predicted octanol–water partition coefficient (Wildman–Crippen LogP) is -1.87. The zero-order valence-electron chi connectivity index (χ0n) is 56.5. The van der Waals surface area contributed by atoms with Crippen LogP contribution in [0.1, 0.15) is 107 Å². The Morgan fingerprint density at radius 3 is 1.01 bits per heavy atom. The van der Waals surface area contributed by atoms with Crippen molar-refractivity contribution in [3.63, 3.8) is 0 Å². The first-order valence-electron chi connectivity index (χ1n) is 30.2. The number of carbonyl (C=O) groups excluding carboxylic acids is 17. The van der Waals surface area contributed by atoms with Crippen LogP contribution in [0.15, 0.2) is 48.6 Å². The lowest BCUT2D eigenvalue weighted by atomic mass is 10.2. The number of carboxylic acids is 1. The molecule has 39 heteroatoms. The van der Waals surface area contributed by atoms with E-state index >= 15 is 0 Å². The summed E-state index contributed by atoms with van der Waals surface area (Å²) >= 11 is 3.33. The highest BCUT2D eigenvalue weighted by Crippen LogP contribution is 2.15. The highest BCUT2D eigenvalue weighted by Gasteiger charge is 2.36. The summed E-state index contributed by atoms with van der Waals surface area (Å²) in [4.78, 5) is 205. The van der Waals surface area contributed by atoms with Gasteiger partial charge in [-0.1, -0.05) is 0 Å². The molecule has 4 heterocycles. The third kappa shape index (κ3) is 43.9. The molecule has 0 spiro atoms. The molecule has 0 atom stereocenters. The number of ketones is 2. The summed E-state index contributed by atoms with van der Waals surface area (Å²) in [6.07, 6.45) is 9.92. The molecule has 99 heavy (non-hydrogen) atoms. The number of aliphatic carboxylic acids is 1. The van der Waals surface area contributed by atoms with Crippen LogP contribution < -0.4 is 43.4 Å². The predicted molar refractivity (Wildman–Crippen MR) is 345 cm³/mol. The van der Waals surface area contributed by atoms with Gasteiger partial charge in [-0.2, -0.15) is 5.26 Å². The van der Waals surface area contributed by atoms with Crippen molar-refractivity contribution < 1.29 is 115 Å². The van der Waals surface area contributed by atoms with E-state index < -0.39 is 100 Å². The summed E-state index contributed by atoms with van der Waals surface area (Å²) in [5, 5.41) is 30.9. The first kappa shape index (κ1) is 90.3. The SMILES string of the molecule is CC(C)(C)OC(=O)CCN.CC(C)(C)OC(=O)CCNC(=O)NCCN1C(=O)C=CC1=O.CC(C)(C)OC(=O)CCOC#N.N=S.NCCN1C(=O)C=CC1=O.O=C(NCCC(=O)OC1C(=O)CCC1=O)NCCN1C(=O)C=CC1=O.O=C(O)CCNC(=O)NCCN1C(=O)C=CC1=O. The number of hydrogen-bond acceptors (Lipinski definition) is 28. The maximum Gasteiger partial charge on any atom is 0.314 e. The molecule has 1 saturated carbocycles. The lowest BCUT2D eigenvalue weighted by Crippen LogP contribution is -2.42. The number of nitrogens with one attached hydrogen (secondary N) is 7. The van der Waals surface area contributed by atoms with Crippen molar-refractivity contribution in [3.8, 4) is 6.26 Å². The van der Waals surface area contributed by atoms with Crippen molar-refractivity contribution in [1.82, 2.24) is 51.5 Å². The smallest absolute Gasteiger partial charge is 0.314 e. The van der Waals surface area contributed by atoms with Crippen LogP contribution in [0.2, 0.25) is 0 Å². The molecule has 4 aliphatic heterocycles. The van der Waals surface area contributed by atoms with E-state index in [0.717, 1.165) is 43.9 Å². The standard InChI is InChI=1S/C15H17N3O7.C14H21N3O5.C10H13N3O5.C8H13NO3.C7H15NO2.C6H8N2O2.HNS/c19-9-1-2-10(20)14(9)25-13(23)5-6-16-15(24)17-7-8-18-11(21)3-4-12(18)22;1-14(2,3)22-12(20)6-7-15-13(21)16-8-9-17-10(18)4-5-11(17)19;14-7-1-2-8(15)13(7)6-5-12-10(18)11-4-3-9(16)17;1-8(2,3)12-7(10)4-5-11-6-9;1-7(2,3)10-6(9)4-5-8;7-3-4-8-5(9)1-2-6(8)10;1-2/h3-4,14H,1-2,5-8H2,(H2,16,17,24);4-5H,6-9H2,1-3H3,(H2,15,16,21);1-2H,3-6H2,(H,16,17)(H2,11,12,18);4-5H2,1-3H3;4-5,8H2,1-3H3;1-2H,3-4,7H2;1H. The molecule has 548 valence electrons. The number of hydrogen-bond donors (Lipinski definition) is 10. The lowest BCUT2D eigenvalue weighted by molar-refractivity contribution is -0.157. The topological polar surface area (TPSA) is 558 Å². The molecule has 0 aromatic heterocycles. The van der Waals surface area contributed by atoms with Gasteiger partial charge in [0.2, 0.25) is 6.10 Å². The molecule has 0 radical (unpaired) electrons. The number of rotatable bonds is 26. The second-order valence-corrected chi connectivity index (χ2v) is 22.9. The Morgan fingerprint density at radius 1 is 0.455 bits per heavy atom. The Bertz CT molecular complexity index is 2960. The summed E-state index contributed by atoms with van der Waals surface area (Å²) < 4.78 is 29.5. The third-order valence-electron chi connectivity index (χ3n) is 11.2. The van der Waals surface area contributed by atoms with Crippen molar-refractivity contribution in [2.45, 2.75) is 130 Å². The van der Waals surface area contributed by atoms with E-state index in [9.17, 15) is 86.3 Å². The number of carbonyl (C=O) groups is 18. The quantitative estimate of drug-likeness (QED) is 0.0113. The lowest BCUT2D eigenvalue weighted by Gasteiger charge is -2.19. The fourth-order valence-corrected chi connectivity index (χ4v) is 7.09. The van der Waals surface area contributed by atoms with Crippen LogP contribution in [-0.2, 0) is 108 Å². The molecule has 1 fully saturated rings. The number of amides is 14. The van der Waals surface area contributed by atoms with Crippen molar-refractivity contribution in [3.05, 3.63) is 48.6 Å². The second-order valence-electron chi connectivity index (χ2n) is 22.9. The number of imide groups is 4. The van der Waals surface area contributed by atoms with Gasteiger partial charge in [0.1, 0.15) is 23.4 Å². The number of nitrogens with two attached hydrogens (primary N) is 2. The fraction of sp³-hybridized carbons (Fsp3) is 0.550. The van der Waals surface area contributed by atoms with Crippen LogP contribution in [0.4, 0.5) is 14.4 Å². The van der Waals surface area contributed by atoms with E-state index in [2.05, 4.69) is 49.1 Å². The number of Topliss-reactive ketones (excluding diaryl/α,β-unsaturated/α-hetero) is 2. The molecule has 1 aliphatic carbocycles. The Hall–Kier alpha value is -10.8. The Morgan fingerprint density at radius 2 is 0.727 bits per heavy atom.